The Hall–Kier alpha value is -4.07. The second kappa shape index (κ2) is 6.98. The van der Waals surface area contributed by atoms with E-state index in [1.165, 1.54) is 25.8 Å². The van der Waals surface area contributed by atoms with Gasteiger partial charge in [-0.1, -0.05) is 36.4 Å². The van der Waals surface area contributed by atoms with E-state index in [0.29, 0.717) is 45.3 Å². The van der Waals surface area contributed by atoms with E-state index in [1.54, 1.807) is 31.3 Å². The second-order valence-electron chi connectivity index (χ2n) is 7.77. The predicted molar refractivity (Wildman–Crippen MR) is 120 cm³/mol. The van der Waals surface area contributed by atoms with Crippen LogP contribution in [0.1, 0.15) is 33.0 Å². The van der Waals surface area contributed by atoms with Crippen LogP contribution in [0.2, 0.25) is 0 Å². The van der Waals surface area contributed by atoms with Crippen molar-refractivity contribution >= 4 is 17.3 Å². The molecule has 1 aromatic heterocycles. The van der Waals surface area contributed by atoms with Crippen molar-refractivity contribution < 1.29 is 14.3 Å². The van der Waals surface area contributed by atoms with Crippen molar-refractivity contribution in [3.63, 3.8) is 0 Å². The van der Waals surface area contributed by atoms with Crippen LogP contribution in [0.25, 0.3) is 5.70 Å². The minimum atomic E-state index is -0.753. The van der Waals surface area contributed by atoms with Crippen LogP contribution < -0.4 is 26.0 Å². The zero-order chi connectivity index (χ0) is 22.7. The average molecular weight is 431 g/mol. The van der Waals surface area contributed by atoms with E-state index in [4.69, 9.17) is 9.47 Å². The first-order valence-corrected chi connectivity index (χ1v) is 10.1. The van der Waals surface area contributed by atoms with Crippen molar-refractivity contribution in [2.75, 3.05) is 19.5 Å². The van der Waals surface area contributed by atoms with Gasteiger partial charge in [-0.15, -0.1) is 0 Å². The Bertz CT molecular complexity index is 1460. The van der Waals surface area contributed by atoms with Gasteiger partial charge in [-0.25, -0.2) is 4.79 Å². The number of nitrogens with one attached hydrogen (secondary N) is 1. The molecule has 2 heterocycles. The van der Waals surface area contributed by atoms with Crippen LogP contribution in [0.5, 0.6) is 11.5 Å². The van der Waals surface area contributed by atoms with E-state index in [9.17, 15) is 14.4 Å². The third kappa shape index (κ3) is 2.46. The molecule has 3 aromatic rings. The van der Waals surface area contributed by atoms with Gasteiger partial charge in [0.2, 0.25) is 0 Å². The predicted octanol–water partition coefficient (Wildman–Crippen LogP) is 2.27. The molecule has 8 nitrogen and oxygen atoms in total. The summed E-state index contributed by atoms with van der Waals surface area (Å²) >= 11 is 0. The van der Waals surface area contributed by atoms with Gasteiger partial charge < -0.3 is 14.8 Å². The molecule has 1 unspecified atom stereocenters. The number of hydrogen-bond donors (Lipinski definition) is 1. The van der Waals surface area contributed by atoms with Crippen molar-refractivity contribution in [2.24, 2.45) is 14.1 Å². The third-order valence-electron chi connectivity index (χ3n) is 6.22. The monoisotopic (exact) mass is 431 g/mol. The fourth-order valence-electron chi connectivity index (χ4n) is 4.71. The molecule has 0 radical (unpaired) electrons. The Morgan fingerprint density at radius 1 is 0.875 bits per heavy atom. The number of ether oxygens (including phenoxy) is 2. The number of rotatable bonds is 3. The molecular weight excluding hydrogens is 410 g/mol. The molecule has 8 heteroatoms. The number of fused-ring (bicyclic) bond motifs is 3. The Morgan fingerprint density at radius 2 is 1.59 bits per heavy atom. The number of ketones is 1. The molecule has 2 aliphatic rings. The fourth-order valence-corrected chi connectivity index (χ4v) is 4.71. The highest BCUT2D eigenvalue weighted by Crippen LogP contribution is 2.50. The van der Waals surface area contributed by atoms with E-state index in [-0.39, 0.29) is 5.78 Å². The van der Waals surface area contributed by atoms with Crippen molar-refractivity contribution in [3.05, 3.63) is 91.1 Å². The molecule has 1 atom stereocenters. The molecule has 32 heavy (non-hydrogen) atoms. The number of hydrogen-bond acceptors (Lipinski definition) is 6. The van der Waals surface area contributed by atoms with Gasteiger partial charge >= 0.3 is 5.69 Å². The summed E-state index contributed by atoms with van der Waals surface area (Å²) < 4.78 is 13.6. The standard InChI is InChI=1S/C24H21N3O5/c1-26-22-18(23(29)27(2)24(26)30)16(14-10-7-11-15(31-3)21(14)32-4)17-19(25-22)12-8-5-6-9-13(12)20(17)28/h5-11,16,25H,1-4H3. The molecule has 1 aliphatic carbocycles. The van der Waals surface area contributed by atoms with Crippen LogP contribution in [-0.2, 0) is 14.1 Å². The number of allylic oxidation sites excluding steroid dienone is 1. The second-order valence-corrected chi connectivity index (χ2v) is 7.77. The molecule has 5 rings (SSSR count). The van der Waals surface area contributed by atoms with Crippen LogP contribution in [-0.4, -0.2) is 29.1 Å². The van der Waals surface area contributed by atoms with E-state index in [0.717, 1.165) is 10.1 Å². The number of anilines is 1. The van der Waals surface area contributed by atoms with Gasteiger partial charge in [0.1, 0.15) is 5.82 Å². The number of Topliss-reactive ketones (excluding diaryl/α,β-unsaturated/α-hetero) is 1. The van der Waals surface area contributed by atoms with E-state index < -0.39 is 17.2 Å². The third-order valence-corrected chi connectivity index (χ3v) is 6.22. The molecule has 0 bridgehead atoms. The molecule has 0 saturated heterocycles. The van der Waals surface area contributed by atoms with E-state index in [2.05, 4.69) is 5.32 Å². The molecule has 1 aliphatic heterocycles. The van der Waals surface area contributed by atoms with E-state index in [1.807, 2.05) is 18.2 Å². The van der Waals surface area contributed by atoms with Gasteiger partial charge in [0, 0.05) is 36.4 Å². The van der Waals surface area contributed by atoms with Crippen LogP contribution in [0.3, 0.4) is 0 Å². The number of para-hydroxylation sites is 1. The van der Waals surface area contributed by atoms with Gasteiger partial charge in [0.25, 0.3) is 5.56 Å². The van der Waals surface area contributed by atoms with E-state index >= 15 is 0 Å². The van der Waals surface area contributed by atoms with Crippen LogP contribution >= 0.6 is 0 Å². The first kappa shape index (κ1) is 19.9. The quantitative estimate of drug-likeness (QED) is 0.684. The molecule has 1 N–H and O–H groups in total. The normalized spacial score (nSPS) is 16.2. The molecule has 162 valence electrons. The van der Waals surface area contributed by atoms with Crippen molar-refractivity contribution in [1.29, 1.82) is 0 Å². The largest absolute Gasteiger partial charge is 0.493 e. The van der Waals surface area contributed by atoms with Gasteiger partial charge in [0.05, 0.1) is 31.4 Å². The smallest absolute Gasteiger partial charge is 0.332 e. The zero-order valence-electron chi connectivity index (χ0n) is 18.1. The number of benzene rings is 2. The van der Waals surface area contributed by atoms with Crippen LogP contribution in [0.4, 0.5) is 5.82 Å². The minimum Gasteiger partial charge on any atom is -0.493 e. The average Bonchev–Trinajstić information content (AvgIpc) is 3.11. The van der Waals surface area contributed by atoms with Gasteiger partial charge in [0.15, 0.2) is 17.3 Å². The minimum absolute atomic E-state index is 0.167. The number of carbonyl (C=O) groups excluding carboxylic acids is 1. The lowest BCUT2D eigenvalue weighted by Gasteiger charge is -2.30. The lowest BCUT2D eigenvalue weighted by Crippen LogP contribution is -2.42. The Labute approximate surface area is 183 Å². The highest BCUT2D eigenvalue weighted by Gasteiger charge is 2.43. The Kier molecular flexibility index (Phi) is 4.33. The summed E-state index contributed by atoms with van der Waals surface area (Å²) in [7, 11) is 6.08. The van der Waals surface area contributed by atoms with Crippen molar-refractivity contribution in [1.82, 2.24) is 9.13 Å². The first-order valence-electron chi connectivity index (χ1n) is 10.1. The lowest BCUT2D eigenvalue weighted by molar-refractivity contribution is 0.103. The number of carbonyl (C=O) groups is 1. The molecule has 0 fully saturated rings. The number of aromatic nitrogens is 2. The highest BCUT2D eigenvalue weighted by molar-refractivity contribution is 6.23. The summed E-state index contributed by atoms with van der Waals surface area (Å²) in [5.74, 6) is 0.351. The molecule has 0 spiro atoms. The summed E-state index contributed by atoms with van der Waals surface area (Å²) in [5.41, 5.74) is 2.31. The topological polar surface area (TPSA) is 91.6 Å². The SMILES string of the molecule is COc1cccc(C2C3=C(Nc4c2c(=O)n(C)c(=O)n4C)c2ccccc2C3=O)c1OC. The Balaban J connectivity index is 1.92. The summed E-state index contributed by atoms with van der Waals surface area (Å²) in [4.78, 5) is 39.7. The van der Waals surface area contributed by atoms with Gasteiger partial charge in [-0.3, -0.25) is 18.7 Å². The van der Waals surface area contributed by atoms with Crippen LogP contribution in [0.15, 0.2) is 57.6 Å². The van der Waals surface area contributed by atoms with Gasteiger partial charge in [-0.05, 0) is 6.07 Å². The lowest BCUT2D eigenvalue weighted by atomic mass is 9.81. The van der Waals surface area contributed by atoms with Crippen molar-refractivity contribution in [3.8, 4) is 11.5 Å². The van der Waals surface area contributed by atoms with Crippen molar-refractivity contribution in [2.45, 2.75) is 5.92 Å². The summed E-state index contributed by atoms with van der Waals surface area (Å²) in [5, 5.41) is 3.22. The number of nitrogens with zero attached hydrogens (tertiary/aromatic N) is 2. The number of methoxy groups -OCH3 is 2. The fraction of sp³-hybridized carbons (Fsp3) is 0.208. The Morgan fingerprint density at radius 3 is 2.28 bits per heavy atom. The maximum atomic E-state index is 13.6. The summed E-state index contributed by atoms with van der Waals surface area (Å²) in [6.07, 6.45) is 0. The molecule has 2 aromatic carbocycles. The maximum absolute atomic E-state index is 13.6. The van der Waals surface area contributed by atoms with Gasteiger partial charge in [-0.2, -0.15) is 0 Å². The molecular formula is C24H21N3O5. The summed E-state index contributed by atoms with van der Waals surface area (Å²) in [6, 6.07) is 12.6. The zero-order valence-corrected chi connectivity index (χ0v) is 18.1. The summed E-state index contributed by atoms with van der Waals surface area (Å²) in [6.45, 7) is 0. The highest BCUT2D eigenvalue weighted by atomic mass is 16.5. The molecule has 0 amide bonds. The maximum Gasteiger partial charge on any atom is 0.332 e. The first-order chi connectivity index (χ1) is 15.4. The molecule has 0 saturated carbocycles. The van der Waals surface area contributed by atoms with Crippen LogP contribution in [0, 0.1) is 0 Å².